The Morgan fingerprint density at radius 2 is 2.42 bits per heavy atom. The molecule has 0 amide bonds. The summed E-state index contributed by atoms with van der Waals surface area (Å²) in [5, 5.41) is 16.4. The molecule has 0 bridgehead atoms. The van der Waals surface area contributed by atoms with Gasteiger partial charge in [0.25, 0.3) is 5.96 Å². The molecule has 26 heavy (non-hydrogen) atoms. The van der Waals surface area contributed by atoms with Crippen LogP contribution in [-0.4, -0.2) is 64.8 Å². The molecule has 2 rings (SSSR count). The number of esters is 1. The third kappa shape index (κ3) is 5.63. The highest BCUT2D eigenvalue weighted by atomic mass is 32.2. The van der Waals surface area contributed by atoms with E-state index in [2.05, 4.69) is 10.4 Å². The maximum absolute atomic E-state index is 12.4. The van der Waals surface area contributed by atoms with Gasteiger partial charge in [-0.05, 0) is 37.5 Å². The summed E-state index contributed by atoms with van der Waals surface area (Å²) in [4.78, 5) is 26.7. The molecule has 1 fully saturated rings. The molecule has 1 atom stereocenters. The van der Waals surface area contributed by atoms with E-state index in [1.165, 1.54) is 6.26 Å². The van der Waals surface area contributed by atoms with E-state index in [4.69, 9.17) is 9.15 Å². The Morgan fingerprint density at radius 1 is 1.62 bits per heavy atom. The molecule has 1 aliphatic heterocycles. The summed E-state index contributed by atoms with van der Waals surface area (Å²) in [6.45, 7) is 2.92. The van der Waals surface area contributed by atoms with E-state index in [1.807, 2.05) is 11.2 Å². The molecule has 1 unspecified atom stereocenters. The lowest BCUT2D eigenvalue weighted by molar-refractivity contribution is -0.486. The van der Waals surface area contributed by atoms with Crippen molar-refractivity contribution < 1.29 is 19.0 Å². The van der Waals surface area contributed by atoms with Gasteiger partial charge in [0.05, 0.1) is 32.8 Å². The zero-order chi connectivity index (χ0) is 18.9. The summed E-state index contributed by atoms with van der Waals surface area (Å²) in [6.07, 6.45) is 4.13. The summed E-state index contributed by atoms with van der Waals surface area (Å²) >= 11 is 1.65. The Labute approximate surface area is 155 Å². The average molecular weight is 385 g/mol. The van der Waals surface area contributed by atoms with Crippen molar-refractivity contribution in [3.05, 3.63) is 34.3 Å². The van der Waals surface area contributed by atoms with E-state index in [9.17, 15) is 14.9 Å². The van der Waals surface area contributed by atoms with Crippen molar-refractivity contribution in [1.82, 2.24) is 15.1 Å². The molecule has 1 aromatic rings. The Bertz CT molecular complexity index is 624. The van der Waals surface area contributed by atoms with E-state index in [0.29, 0.717) is 25.3 Å². The van der Waals surface area contributed by atoms with Crippen molar-refractivity contribution in [1.29, 1.82) is 0 Å². The number of hydrogen-bond donors (Lipinski definition) is 1. The van der Waals surface area contributed by atoms with Crippen LogP contribution in [0.15, 0.2) is 27.9 Å². The van der Waals surface area contributed by atoms with Crippen molar-refractivity contribution >= 4 is 23.7 Å². The van der Waals surface area contributed by atoms with Gasteiger partial charge in [0, 0.05) is 0 Å². The van der Waals surface area contributed by atoms with Crippen LogP contribution in [0.4, 0.5) is 0 Å². The minimum atomic E-state index is -0.746. The summed E-state index contributed by atoms with van der Waals surface area (Å²) in [6, 6.07) is 3.08. The van der Waals surface area contributed by atoms with E-state index in [0.717, 1.165) is 5.75 Å². The first-order valence-electron chi connectivity index (χ1n) is 8.19. The number of furan rings is 1. The minimum Gasteiger partial charge on any atom is -0.467 e. The molecule has 0 spiro atoms. The van der Waals surface area contributed by atoms with Gasteiger partial charge >= 0.3 is 5.97 Å². The van der Waals surface area contributed by atoms with Crippen molar-refractivity contribution in [3.8, 4) is 0 Å². The van der Waals surface area contributed by atoms with Crippen LogP contribution >= 0.6 is 11.8 Å². The standard InChI is InChI=1S/C15H23N5O5S/c1-3-24-14(21)13(6-8-26-2)19-10-16-15(17-20(22)23)18(11-19)9-12-5-4-7-25-12/h4-5,7,13H,3,6,8-11H2,1-2H3,(H,16,17). The lowest BCUT2D eigenvalue weighted by Gasteiger charge is -2.39. The normalized spacial score (nSPS) is 17.8. The molecule has 0 aliphatic carbocycles. The fourth-order valence-corrected chi connectivity index (χ4v) is 3.10. The topological polar surface area (TPSA) is 113 Å². The smallest absolute Gasteiger partial charge is 0.323 e. The van der Waals surface area contributed by atoms with Crippen LogP contribution in [0.5, 0.6) is 0 Å². The molecule has 0 radical (unpaired) electrons. The molecule has 144 valence electrons. The predicted octanol–water partition coefficient (Wildman–Crippen LogP) is 1.13. The van der Waals surface area contributed by atoms with Gasteiger partial charge in [0.15, 0.2) is 5.03 Å². The molecular weight excluding hydrogens is 362 g/mol. The van der Waals surface area contributed by atoms with Crippen LogP contribution in [-0.2, 0) is 16.1 Å². The summed E-state index contributed by atoms with van der Waals surface area (Å²) < 4.78 is 10.5. The van der Waals surface area contributed by atoms with Gasteiger partial charge < -0.3 is 19.4 Å². The Morgan fingerprint density at radius 3 is 3.04 bits per heavy atom. The third-order valence-corrected chi connectivity index (χ3v) is 4.43. The zero-order valence-corrected chi connectivity index (χ0v) is 15.6. The maximum atomic E-state index is 12.4. The van der Waals surface area contributed by atoms with E-state index in [1.54, 1.807) is 35.7 Å². The van der Waals surface area contributed by atoms with Gasteiger partial charge in [-0.2, -0.15) is 11.8 Å². The molecule has 1 aliphatic rings. The van der Waals surface area contributed by atoms with Crippen molar-refractivity contribution in [2.75, 3.05) is 32.0 Å². The van der Waals surface area contributed by atoms with Gasteiger partial charge in [-0.3, -0.25) is 9.69 Å². The molecule has 11 heteroatoms. The highest BCUT2D eigenvalue weighted by Crippen LogP contribution is 2.16. The number of nitro groups is 1. The number of nitrogens with one attached hydrogen (secondary N) is 1. The average Bonchev–Trinajstić information content (AvgIpc) is 3.10. The number of hydrazone groups is 1. The van der Waals surface area contributed by atoms with Crippen LogP contribution in [0.25, 0.3) is 0 Å². The van der Waals surface area contributed by atoms with Crippen molar-refractivity contribution in [3.63, 3.8) is 0 Å². The predicted molar refractivity (Wildman–Crippen MR) is 96.8 cm³/mol. The first-order valence-corrected chi connectivity index (χ1v) is 9.58. The molecule has 1 aromatic heterocycles. The fourth-order valence-electron chi connectivity index (χ4n) is 2.64. The lowest BCUT2D eigenvalue weighted by Crippen LogP contribution is -2.61. The second-order valence-electron chi connectivity index (χ2n) is 5.55. The van der Waals surface area contributed by atoms with E-state index < -0.39 is 11.1 Å². The maximum Gasteiger partial charge on any atom is 0.323 e. The van der Waals surface area contributed by atoms with Crippen LogP contribution in [0.2, 0.25) is 0 Å². The monoisotopic (exact) mass is 385 g/mol. The van der Waals surface area contributed by atoms with Crippen LogP contribution in [0, 0.1) is 10.1 Å². The Hall–Kier alpha value is -2.27. The minimum absolute atomic E-state index is 0.134. The number of nitrogens with zero attached hydrogens (tertiary/aromatic N) is 4. The first kappa shape index (κ1) is 20.0. The lowest BCUT2D eigenvalue weighted by atomic mass is 10.2. The largest absolute Gasteiger partial charge is 0.467 e. The number of ether oxygens (including phenoxy) is 1. The summed E-state index contributed by atoms with van der Waals surface area (Å²) in [5.41, 5.74) is 0. The third-order valence-electron chi connectivity index (χ3n) is 3.79. The molecule has 0 aromatic carbocycles. The zero-order valence-electron chi connectivity index (χ0n) is 14.8. The second kappa shape index (κ2) is 10.0. The van der Waals surface area contributed by atoms with Gasteiger partial charge in [-0.25, -0.2) is 10.1 Å². The SMILES string of the molecule is CCOC(=O)C(CCSC)N1CN/C(=N\[N+](=O)[O-])N(Cc2ccco2)C1. The number of thioether (sulfide) groups is 1. The Kier molecular flexibility index (Phi) is 7.73. The number of hydrogen-bond acceptors (Lipinski definition) is 7. The quantitative estimate of drug-likeness (QED) is 0.379. The van der Waals surface area contributed by atoms with Gasteiger partial charge in [-0.15, -0.1) is 0 Å². The van der Waals surface area contributed by atoms with Crippen LogP contribution in [0.1, 0.15) is 19.1 Å². The van der Waals surface area contributed by atoms with E-state index >= 15 is 0 Å². The number of carbonyl (C=O) groups is 1. The Balaban J connectivity index is 2.16. The molecule has 2 heterocycles. The summed E-state index contributed by atoms with van der Waals surface area (Å²) in [7, 11) is 0. The fraction of sp³-hybridized carbons (Fsp3) is 0.600. The van der Waals surface area contributed by atoms with Gasteiger partial charge in [0.2, 0.25) is 0 Å². The molecule has 10 nitrogen and oxygen atoms in total. The number of carbonyl (C=O) groups excluding carboxylic acids is 1. The second-order valence-corrected chi connectivity index (χ2v) is 6.54. The van der Waals surface area contributed by atoms with Crippen LogP contribution < -0.4 is 5.32 Å². The number of rotatable bonds is 9. The van der Waals surface area contributed by atoms with E-state index in [-0.39, 0.29) is 25.3 Å². The summed E-state index contributed by atoms with van der Waals surface area (Å²) in [5.74, 6) is 1.28. The first-order chi connectivity index (χ1) is 12.5. The van der Waals surface area contributed by atoms with Gasteiger partial charge in [0.1, 0.15) is 16.9 Å². The molecule has 1 saturated heterocycles. The van der Waals surface area contributed by atoms with Crippen LogP contribution in [0.3, 0.4) is 0 Å². The van der Waals surface area contributed by atoms with Crippen molar-refractivity contribution in [2.24, 2.45) is 5.10 Å². The highest BCUT2D eigenvalue weighted by molar-refractivity contribution is 7.98. The van der Waals surface area contributed by atoms with Gasteiger partial charge in [-0.1, -0.05) is 0 Å². The van der Waals surface area contributed by atoms with Crippen molar-refractivity contribution in [2.45, 2.75) is 25.9 Å². The highest BCUT2D eigenvalue weighted by Gasteiger charge is 2.33. The molecule has 1 N–H and O–H groups in total. The molecule has 0 saturated carbocycles. The molecular formula is C15H23N5O5S. The number of guanidine groups is 1.